The lowest BCUT2D eigenvalue weighted by molar-refractivity contribution is -0.124. The van der Waals surface area contributed by atoms with E-state index in [2.05, 4.69) is 26.6 Å². The second kappa shape index (κ2) is 12.0. The van der Waals surface area contributed by atoms with Crippen LogP contribution < -0.4 is 15.4 Å². The Morgan fingerprint density at radius 1 is 1.07 bits per heavy atom. The zero-order valence-corrected chi connectivity index (χ0v) is 18.7. The number of hydrogen-bond acceptors (Lipinski definition) is 4. The van der Waals surface area contributed by atoms with Crippen molar-refractivity contribution in [3.8, 4) is 5.75 Å². The number of halogens is 1. The van der Waals surface area contributed by atoms with E-state index in [9.17, 15) is 14.4 Å². The van der Waals surface area contributed by atoms with E-state index < -0.39 is 0 Å². The molecule has 0 aromatic heterocycles. The normalized spacial score (nSPS) is 10.2. The number of methoxy groups -OCH3 is 1. The van der Waals surface area contributed by atoms with Crippen LogP contribution in [0.15, 0.2) is 53.0 Å². The molecule has 2 aromatic rings. The van der Waals surface area contributed by atoms with E-state index >= 15 is 0 Å². The summed E-state index contributed by atoms with van der Waals surface area (Å²) in [5.41, 5.74) is 1.11. The maximum Gasteiger partial charge on any atom is 0.254 e. The first-order valence-electron chi connectivity index (χ1n) is 9.68. The molecule has 0 bridgehead atoms. The van der Waals surface area contributed by atoms with Crippen molar-refractivity contribution >= 4 is 39.3 Å². The highest BCUT2D eigenvalue weighted by Crippen LogP contribution is 2.15. The molecule has 0 unspecified atom stereocenters. The first-order chi connectivity index (χ1) is 14.4. The maximum atomic E-state index is 12.8. The minimum absolute atomic E-state index is 0.110. The molecule has 0 aliphatic rings. The second-order valence-electron chi connectivity index (χ2n) is 6.64. The van der Waals surface area contributed by atoms with Crippen molar-refractivity contribution in [2.75, 3.05) is 32.1 Å². The Labute approximate surface area is 184 Å². The summed E-state index contributed by atoms with van der Waals surface area (Å²) >= 11 is 3.36. The molecular weight excluding hydrogens is 450 g/mol. The third kappa shape index (κ3) is 7.51. The van der Waals surface area contributed by atoms with E-state index in [0.29, 0.717) is 23.5 Å². The number of carbonyl (C=O) groups excluding carboxylic acids is 3. The standard InChI is InChI=1S/C22H26BrN3O4/c1-3-4-12-26(22(29)16-6-5-7-17(23)13-16)15-21(28)24-14-20(27)25-18-8-10-19(30-2)11-9-18/h5-11,13H,3-4,12,14-15H2,1-2H3,(H,24,28)(H,25,27). The minimum atomic E-state index is -0.390. The number of rotatable bonds is 10. The fraction of sp³-hybridized carbons (Fsp3) is 0.318. The molecule has 2 rings (SSSR count). The molecule has 0 heterocycles. The van der Waals surface area contributed by atoms with Gasteiger partial charge in [0.05, 0.1) is 20.2 Å². The van der Waals surface area contributed by atoms with Gasteiger partial charge in [-0.3, -0.25) is 14.4 Å². The predicted octanol–water partition coefficient (Wildman–Crippen LogP) is 3.45. The van der Waals surface area contributed by atoms with Gasteiger partial charge >= 0.3 is 0 Å². The van der Waals surface area contributed by atoms with Gasteiger partial charge in [0.1, 0.15) is 5.75 Å². The van der Waals surface area contributed by atoms with Crippen molar-refractivity contribution in [3.63, 3.8) is 0 Å². The van der Waals surface area contributed by atoms with Crippen LogP contribution in [0.25, 0.3) is 0 Å². The number of anilines is 1. The van der Waals surface area contributed by atoms with Crippen LogP contribution in [0.2, 0.25) is 0 Å². The van der Waals surface area contributed by atoms with Gasteiger partial charge < -0.3 is 20.3 Å². The molecule has 0 saturated heterocycles. The molecule has 160 valence electrons. The number of unbranched alkanes of at least 4 members (excludes halogenated alkanes) is 1. The van der Waals surface area contributed by atoms with E-state index in [1.807, 2.05) is 13.0 Å². The number of carbonyl (C=O) groups is 3. The third-order valence-electron chi connectivity index (χ3n) is 4.29. The summed E-state index contributed by atoms with van der Waals surface area (Å²) in [6.45, 7) is 2.19. The Morgan fingerprint density at radius 2 is 1.80 bits per heavy atom. The molecule has 0 aliphatic carbocycles. The molecule has 8 heteroatoms. The molecule has 30 heavy (non-hydrogen) atoms. The zero-order valence-electron chi connectivity index (χ0n) is 17.1. The van der Waals surface area contributed by atoms with Gasteiger partial charge in [0, 0.05) is 22.3 Å². The van der Waals surface area contributed by atoms with Crippen LogP contribution in [0.1, 0.15) is 30.1 Å². The lowest BCUT2D eigenvalue weighted by Gasteiger charge is -2.22. The maximum absolute atomic E-state index is 12.8. The second-order valence-corrected chi connectivity index (χ2v) is 7.56. The smallest absolute Gasteiger partial charge is 0.254 e. The Morgan fingerprint density at radius 3 is 2.43 bits per heavy atom. The third-order valence-corrected chi connectivity index (χ3v) is 4.79. The highest BCUT2D eigenvalue weighted by molar-refractivity contribution is 9.10. The summed E-state index contributed by atoms with van der Waals surface area (Å²) in [6.07, 6.45) is 1.68. The van der Waals surface area contributed by atoms with Crippen LogP contribution in [0.3, 0.4) is 0 Å². The fourth-order valence-electron chi connectivity index (χ4n) is 2.69. The summed E-state index contributed by atoms with van der Waals surface area (Å²) < 4.78 is 5.87. The first kappa shape index (κ1) is 23.4. The van der Waals surface area contributed by atoms with Crippen LogP contribution in [-0.2, 0) is 9.59 Å². The average molecular weight is 476 g/mol. The monoisotopic (exact) mass is 475 g/mol. The summed E-state index contributed by atoms with van der Waals surface area (Å²) in [4.78, 5) is 38.7. The van der Waals surface area contributed by atoms with E-state index in [0.717, 1.165) is 17.3 Å². The molecule has 2 aromatic carbocycles. The van der Waals surface area contributed by atoms with Crippen molar-refractivity contribution in [2.24, 2.45) is 0 Å². The van der Waals surface area contributed by atoms with Crippen LogP contribution >= 0.6 is 15.9 Å². The van der Waals surface area contributed by atoms with Gasteiger partial charge in [0.2, 0.25) is 11.8 Å². The van der Waals surface area contributed by atoms with Crippen molar-refractivity contribution in [1.82, 2.24) is 10.2 Å². The molecular formula is C22H26BrN3O4. The van der Waals surface area contributed by atoms with Crippen LogP contribution in [0.4, 0.5) is 5.69 Å². The number of ether oxygens (including phenoxy) is 1. The number of amides is 3. The average Bonchev–Trinajstić information content (AvgIpc) is 2.75. The van der Waals surface area contributed by atoms with Gasteiger partial charge in [-0.25, -0.2) is 0 Å². The number of nitrogens with zero attached hydrogens (tertiary/aromatic N) is 1. The lowest BCUT2D eigenvalue weighted by Crippen LogP contribution is -2.43. The van der Waals surface area contributed by atoms with Crippen LogP contribution in [-0.4, -0.2) is 49.4 Å². The largest absolute Gasteiger partial charge is 0.497 e. The molecule has 7 nitrogen and oxygen atoms in total. The van der Waals surface area contributed by atoms with E-state index in [1.54, 1.807) is 49.6 Å². The Bertz CT molecular complexity index is 871. The minimum Gasteiger partial charge on any atom is -0.497 e. The van der Waals surface area contributed by atoms with Gasteiger partial charge in [-0.15, -0.1) is 0 Å². The van der Waals surface area contributed by atoms with Gasteiger partial charge in [-0.05, 0) is 48.9 Å². The van der Waals surface area contributed by atoms with E-state index in [1.165, 1.54) is 4.90 Å². The first-order valence-corrected chi connectivity index (χ1v) is 10.5. The number of hydrogen-bond donors (Lipinski definition) is 2. The topological polar surface area (TPSA) is 87.7 Å². The lowest BCUT2D eigenvalue weighted by atomic mass is 10.2. The van der Waals surface area contributed by atoms with Gasteiger partial charge in [-0.2, -0.15) is 0 Å². The van der Waals surface area contributed by atoms with Crippen molar-refractivity contribution in [1.29, 1.82) is 0 Å². The molecule has 0 saturated carbocycles. The van der Waals surface area contributed by atoms with E-state index in [-0.39, 0.29) is 30.8 Å². The van der Waals surface area contributed by atoms with Crippen LogP contribution in [0.5, 0.6) is 5.75 Å². The quantitative estimate of drug-likeness (QED) is 0.550. The molecule has 0 spiro atoms. The van der Waals surface area contributed by atoms with Gasteiger partial charge in [-0.1, -0.05) is 35.3 Å². The molecule has 2 N–H and O–H groups in total. The molecule has 0 fully saturated rings. The molecule has 0 atom stereocenters. The van der Waals surface area contributed by atoms with E-state index in [4.69, 9.17) is 4.74 Å². The fourth-order valence-corrected chi connectivity index (χ4v) is 3.09. The van der Waals surface area contributed by atoms with Crippen molar-refractivity contribution in [3.05, 3.63) is 58.6 Å². The highest BCUT2D eigenvalue weighted by atomic mass is 79.9. The van der Waals surface area contributed by atoms with Gasteiger partial charge in [0.15, 0.2) is 0 Å². The number of nitrogens with one attached hydrogen (secondary N) is 2. The van der Waals surface area contributed by atoms with Crippen molar-refractivity contribution < 1.29 is 19.1 Å². The predicted molar refractivity (Wildman–Crippen MR) is 120 cm³/mol. The molecule has 0 radical (unpaired) electrons. The van der Waals surface area contributed by atoms with Crippen LogP contribution in [0, 0.1) is 0 Å². The Balaban J connectivity index is 1.89. The summed E-state index contributed by atoms with van der Waals surface area (Å²) in [6, 6.07) is 13.9. The number of benzene rings is 2. The molecule has 3 amide bonds. The zero-order chi connectivity index (χ0) is 21.9. The Kier molecular flexibility index (Phi) is 9.34. The Hall–Kier alpha value is -2.87. The summed E-state index contributed by atoms with van der Waals surface area (Å²) in [7, 11) is 1.56. The molecule has 0 aliphatic heterocycles. The highest BCUT2D eigenvalue weighted by Gasteiger charge is 2.19. The van der Waals surface area contributed by atoms with Gasteiger partial charge in [0.25, 0.3) is 5.91 Å². The SMILES string of the molecule is CCCCN(CC(=O)NCC(=O)Nc1ccc(OC)cc1)C(=O)c1cccc(Br)c1. The summed E-state index contributed by atoms with van der Waals surface area (Å²) in [5, 5.41) is 5.27. The van der Waals surface area contributed by atoms with Crippen molar-refractivity contribution in [2.45, 2.75) is 19.8 Å². The summed E-state index contributed by atoms with van der Waals surface area (Å²) in [5.74, 6) is -0.280.